The number of benzene rings is 1. The average Bonchev–Trinajstić information content (AvgIpc) is 2.42. The van der Waals surface area contributed by atoms with Gasteiger partial charge in [0.2, 0.25) is 0 Å². The van der Waals surface area contributed by atoms with Gasteiger partial charge >= 0.3 is 0 Å². The van der Waals surface area contributed by atoms with Gasteiger partial charge in [0, 0.05) is 12.6 Å². The van der Waals surface area contributed by atoms with Gasteiger partial charge in [-0.3, -0.25) is 4.79 Å². The van der Waals surface area contributed by atoms with Gasteiger partial charge in [-0.05, 0) is 25.5 Å². The molecule has 5 nitrogen and oxygen atoms in total. The van der Waals surface area contributed by atoms with Crippen LogP contribution in [0.1, 0.15) is 26.7 Å². The second-order valence-corrected chi connectivity index (χ2v) is 4.78. The Morgan fingerprint density at radius 2 is 2.16 bits per heavy atom. The number of nitrogens with zero attached hydrogens (tertiary/aromatic N) is 3. The van der Waals surface area contributed by atoms with Crippen molar-refractivity contribution in [3.8, 4) is 0 Å². The minimum absolute atomic E-state index is 0.0736. The molecule has 2 rings (SSSR count). The van der Waals surface area contributed by atoms with Crippen LogP contribution >= 0.6 is 0 Å². The summed E-state index contributed by atoms with van der Waals surface area (Å²) < 4.78 is 1.42. The molecule has 2 aromatic rings. The Bertz CT molecular complexity index is 593. The summed E-state index contributed by atoms with van der Waals surface area (Å²) in [5.41, 5.74) is 0.576. The molecule has 0 saturated heterocycles. The van der Waals surface area contributed by atoms with E-state index >= 15 is 0 Å². The normalized spacial score (nSPS) is 12.7. The number of fused-ring (bicyclic) bond motifs is 1. The maximum Gasteiger partial charge on any atom is 0.277 e. The van der Waals surface area contributed by atoms with E-state index in [2.05, 4.69) is 29.5 Å². The first kappa shape index (κ1) is 13.7. The minimum atomic E-state index is -0.0736. The lowest BCUT2D eigenvalue weighted by molar-refractivity contribution is 0.456. The Kier molecular flexibility index (Phi) is 4.63. The van der Waals surface area contributed by atoms with Crippen LogP contribution in [0.5, 0.6) is 0 Å². The van der Waals surface area contributed by atoms with Crippen molar-refractivity contribution in [1.82, 2.24) is 20.3 Å². The Labute approximate surface area is 112 Å². The second kappa shape index (κ2) is 6.43. The third-order valence-corrected chi connectivity index (χ3v) is 3.17. The van der Waals surface area contributed by atoms with Crippen LogP contribution in [0.2, 0.25) is 0 Å². The first-order valence-electron chi connectivity index (χ1n) is 6.78. The molecule has 0 spiro atoms. The van der Waals surface area contributed by atoms with Crippen LogP contribution in [0.25, 0.3) is 10.9 Å². The van der Waals surface area contributed by atoms with Crippen molar-refractivity contribution in [2.45, 2.75) is 39.3 Å². The van der Waals surface area contributed by atoms with E-state index in [0.29, 0.717) is 23.5 Å². The summed E-state index contributed by atoms with van der Waals surface area (Å²) in [6, 6.07) is 7.76. The number of aromatic nitrogens is 3. The number of hydrogen-bond donors (Lipinski definition) is 1. The summed E-state index contributed by atoms with van der Waals surface area (Å²) in [5, 5.41) is 12.0. The van der Waals surface area contributed by atoms with Crippen molar-refractivity contribution in [2.24, 2.45) is 0 Å². The topological polar surface area (TPSA) is 59.8 Å². The molecule has 0 bridgehead atoms. The summed E-state index contributed by atoms with van der Waals surface area (Å²) in [5.74, 6) is 0. The molecule has 5 heteroatoms. The highest BCUT2D eigenvalue weighted by Crippen LogP contribution is 2.03. The molecule has 0 aliphatic heterocycles. The molecule has 1 N–H and O–H groups in total. The van der Waals surface area contributed by atoms with Gasteiger partial charge in [-0.2, -0.15) is 0 Å². The van der Waals surface area contributed by atoms with Gasteiger partial charge in [0.1, 0.15) is 5.52 Å². The quantitative estimate of drug-likeness (QED) is 0.856. The molecule has 1 aromatic carbocycles. The van der Waals surface area contributed by atoms with Gasteiger partial charge in [-0.15, -0.1) is 5.10 Å². The van der Waals surface area contributed by atoms with Gasteiger partial charge in [-0.1, -0.05) is 30.7 Å². The Hall–Kier alpha value is -1.75. The van der Waals surface area contributed by atoms with Crippen LogP contribution in [0.4, 0.5) is 0 Å². The summed E-state index contributed by atoms with van der Waals surface area (Å²) in [7, 11) is 0. The number of rotatable bonds is 6. The summed E-state index contributed by atoms with van der Waals surface area (Å²) in [6.07, 6.45) is 2.29. The van der Waals surface area contributed by atoms with Crippen LogP contribution in [0.15, 0.2) is 29.1 Å². The molecule has 0 amide bonds. The average molecular weight is 260 g/mol. The molecule has 1 unspecified atom stereocenters. The molecule has 1 atom stereocenters. The van der Waals surface area contributed by atoms with Crippen LogP contribution < -0.4 is 10.9 Å². The van der Waals surface area contributed by atoms with Gasteiger partial charge in [-0.25, -0.2) is 4.68 Å². The summed E-state index contributed by atoms with van der Waals surface area (Å²) in [4.78, 5) is 12.2. The van der Waals surface area contributed by atoms with Gasteiger partial charge in [0.25, 0.3) is 5.56 Å². The molecule has 0 radical (unpaired) electrons. The molecule has 0 aliphatic carbocycles. The van der Waals surface area contributed by atoms with Gasteiger partial charge in [0.05, 0.1) is 11.9 Å². The highest BCUT2D eigenvalue weighted by atomic mass is 16.1. The van der Waals surface area contributed by atoms with Crippen molar-refractivity contribution in [1.29, 1.82) is 0 Å². The zero-order valence-electron chi connectivity index (χ0n) is 11.5. The smallest absolute Gasteiger partial charge is 0.277 e. The van der Waals surface area contributed by atoms with E-state index in [1.807, 2.05) is 12.1 Å². The highest BCUT2D eigenvalue weighted by Gasteiger charge is 2.05. The van der Waals surface area contributed by atoms with Gasteiger partial charge < -0.3 is 5.32 Å². The van der Waals surface area contributed by atoms with E-state index < -0.39 is 0 Å². The molecule has 102 valence electrons. The lowest BCUT2D eigenvalue weighted by Crippen LogP contribution is -2.33. The standard InChI is InChI=1S/C14H20N4O/c1-3-6-11(2)15-9-10-18-14(19)12-7-4-5-8-13(12)16-17-18/h4-5,7-8,11,15H,3,6,9-10H2,1-2H3. The minimum Gasteiger partial charge on any atom is -0.312 e. The largest absolute Gasteiger partial charge is 0.312 e. The van der Waals surface area contributed by atoms with E-state index in [1.165, 1.54) is 4.68 Å². The molecule has 0 fully saturated rings. The third-order valence-electron chi connectivity index (χ3n) is 3.17. The lowest BCUT2D eigenvalue weighted by Gasteiger charge is -2.12. The molecule has 0 saturated carbocycles. The molecule has 1 aromatic heterocycles. The Morgan fingerprint density at radius 3 is 2.95 bits per heavy atom. The fourth-order valence-electron chi connectivity index (χ4n) is 2.12. The van der Waals surface area contributed by atoms with Crippen LogP contribution in [0.3, 0.4) is 0 Å². The molecular weight excluding hydrogens is 240 g/mol. The van der Waals surface area contributed by atoms with Crippen molar-refractivity contribution in [3.63, 3.8) is 0 Å². The van der Waals surface area contributed by atoms with Crippen LogP contribution in [0, 0.1) is 0 Å². The molecular formula is C14H20N4O. The van der Waals surface area contributed by atoms with E-state index in [9.17, 15) is 4.79 Å². The zero-order chi connectivity index (χ0) is 13.7. The van der Waals surface area contributed by atoms with Crippen LogP contribution in [-0.2, 0) is 6.54 Å². The predicted octanol–water partition coefficient (Wildman–Crippen LogP) is 1.57. The Morgan fingerprint density at radius 1 is 1.37 bits per heavy atom. The SMILES string of the molecule is CCCC(C)NCCn1nnc2ccccc2c1=O. The summed E-state index contributed by atoms with van der Waals surface area (Å²) >= 11 is 0. The summed E-state index contributed by atoms with van der Waals surface area (Å²) in [6.45, 7) is 5.59. The monoisotopic (exact) mass is 260 g/mol. The fraction of sp³-hybridized carbons (Fsp3) is 0.500. The molecule has 19 heavy (non-hydrogen) atoms. The van der Waals surface area contributed by atoms with Crippen molar-refractivity contribution in [3.05, 3.63) is 34.6 Å². The zero-order valence-corrected chi connectivity index (χ0v) is 11.5. The van der Waals surface area contributed by atoms with E-state index in [0.717, 1.165) is 19.4 Å². The maximum absolute atomic E-state index is 12.2. The van der Waals surface area contributed by atoms with Crippen molar-refractivity contribution < 1.29 is 0 Å². The number of hydrogen-bond acceptors (Lipinski definition) is 4. The van der Waals surface area contributed by atoms with E-state index in [4.69, 9.17) is 0 Å². The van der Waals surface area contributed by atoms with Crippen molar-refractivity contribution >= 4 is 10.9 Å². The predicted molar refractivity (Wildman–Crippen MR) is 76.2 cm³/mol. The second-order valence-electron chi connectivity index (χ2n) is 4.78. The third kappa shape index (κ3) is 3.38. The molecule has 1 heterocycles. The molecule has 0 aliphatic rings. The van der Waals surface area contributed by atoms with Crippen LogP contribution in [-0.4, -0.2) is 27.6 Å². The maximum atomic E-state index is 12.2. The van der Waals surface area contributed by atoms with Crippen molar-refractivity contribution in [2.75, 3.05) is 6.54 Å². The van der Waals surface area contributed by atoms with E-state index in [1.54, 1.807) is 12.1 Å². The first-order chi connectivity index (χ1) is 9.22. The van der Waals surface area contributed by atoms with E-state index in [-0.39, 0.29) is 5.56 Å². The van der Waals surface area contributed by atoms with Gasteiger partial charge in [0.15, 0.2) is 0 Å². The Balaban J connectivity index is 2.05. The lowest BCUT2D eigenvalue weighted by atomic mass is 10.2. The fourth-order valence-corrected chi connectivity index (χ4v) is 2.12. The first-order valence-corrected chi connectivity index (χ1v) is 6.78. The highest BCUT2D eigenvalue weighted by molar-refractivity contribution is 5.76. The number of nitrogens with one attached hydrogen (secondary N) is 1.